The van der Waals surface area contributed by atoms with Crippen molar-refractivity contribution in [3.8, 4) is 0 Å². The van der Waals surface area contributed by atoms with E-state index in [-0.39, 0.29) is 36.2 Å². The van der Waals surface area contributed by atoms with Crippen molar-refractivity contribution in [2.24, 2.45) is 5.92 Å². The molecule has 3 atom stereocenters. The van der Waals surface area contributed by atoms with Crippen LogP contribution in [0.3, 0.4) is 0 Å². The highest BCUT2D eigenvalue weighted by Gasteiger charge is 2.51. The van der Waals surface area contributed by atoms with Gasteiger partial charge in [0.05, 0.1) is 18.2 Å². The summed E-state index contributed by atoms with van der Waals surface area (Å²) in [5.41, 5.74) is 0.267. The number of carbonyl (C=O) groups excluding carboxylic acids is 4. The summed E-state index contributed by atoms with van der Waals surface area (Å²) in [7, 11) is 0. The fraction of sp³-hybridized carbons (Fsp3) is 0.474. The molecule has 1 heterocycles. The highest BCUT2D eigenvalue weighted by molar-refractivity contribution is 5.95. The number of ketones is 1. The van der Waals surface area contributed by atoms with E-state index in [4.69, 9.17) is 9.47 Å². The molecule has 1 saturated heterocycles. The molecule has 0 bridgehead atoms. The van der Waals surface area contributed by atoms with Crippen molar-refractivity contribution < 1.29 is 28.7 Å². The zero-order valence-electron chi connectivity index (χ0n) is 14.6. The van der Waals surface area contributed by atoms with Gasteiger partial charge in [-0.3, -0.25) is 14.5 Å². The van der Waals surface area contributed by atoms with Crippen molar-refractivity contribution in [3.05, 3.63) is 35.9 Å². The number of hydrogen-bond donors (Lipinski definition) is 0. The number of β-lactam (4-membered cyclic amide) rings is 1. The first kappa shape index (κ1) is 18.1. The van der Waals surface area contributed by atoms with Gasteiger partial charge in [-0.25, -0.2) is 9.59 Å². The standard InChI is InChI=1S/C19H21NO6/c1-2-25-19(24)17(26-18(23)12-7-4-3-5-8-12)20-14(11-16(20)22)13-9-6-10-15(13)21/h3-5,7-8,13-14,17H,2,6,9-11H2,1H3/t13?,14-,17?/m0/s1. The van der Waals surface area contributed by atoms with Gasteiger partial charge in [-0.05, 0) is 31.9 Å². The van der Waals surface area contributed by atoms with Gasteiger partial charge < -0.3 is 9.47 Å². The van der Waals surface area contributed by atoms with Crippen molar-refractivity contribution in [3.63, 3.8) is 0 Å². The lowest BCUT2D eigenvalue weighted by Gasteiger charge is -2.45. The van der Waals surface area contributed by atoms with Gasteiger partial charge >= 0.3 is 11.9 Å². The van der Waals surface area contributed by atoms with Crippen molar-refractivity contribution in [1.82, 2.24) is 4.90 Å². The second-order valence-corrected chi connectivity index (χ2v) is 6.41. The van der Waals surface area contributed by atoms with E-state index in [2.05, 4.69) is 0 Å². The number of hydrogen-bond acceptors (Lipinski definition) is 6. The second kappa shape index (κ2) is 7.68. The minimum absolute atomic E-state index is 0.0875. The maximum Gasteiger partial charge on any atom is 0.369 e. The Labute approximate surface area is 151 Å². The molecule has 0 radical (unpaired) electrons. The fourth-order valence-electron chi connectivity index (χ4n) is 3.52. The van der Waals surface area contributed by atoms with Gasteiger partial charge in [-0.15, -0.1) is 0 Å². The van der Waals surface area contributed by atoms with E-state index in [0.29, 0.717) is 12.8 Å². The van der Waals surface area contributed by atoms with Gasteiger partial charge in [-0.2, -0.15) is 0 Å². The first-order valence-corrected chi connectivity index (χ1v) is 8.79. The summed E-state index contributed by atoms with van der Waals surface area (Å²) in [6.07, 6.45) is 0.639. The van der Waals surface area contributed by atoms with Gasteiger partial charge in [0.1, 0.15) is 5.78 Å². The topological polar surface area (TPSA) is 90.0 Å². The molecule has 7 nitrogen and oxygen atoms in total. The van der Waals surface area contributed by atoms with Crippen LogP contribution >= 0.6 is 0 Å². The Kier molecular flexibility index (Phi) is 5.35. The monoisotopic (exact) mass is 359 g/mol. The van der Waals surface area contributed by atoms with Crippen LogP contribution in [0.1, 0.15) is 43.0 Å². The minimum Gasteiger partial charge on any atom is -0.462 e. The average Bonchev–Trinajstić information content (AvgIpc) is 3.05. The summed E-state index contributed by atoms with van der Waals surface area (Å²) in [4.78, 5) is 50.2. The quantitative estimate of drug-likeness (QED) is 0.567. The normalized spacial score (nSPS) is 23.3. The van der Waals surface area contributed by atoms with Crippen LogP contribution in [-0.2, 0) is 23.9 Å². The van der Waals surface area contributed by atoms with E-state index >= 15 is 0 Å². The number of benzene rings is 1. The van der Waals surface area contributed by atoms with Crippen LogP contribution in [0.4, 0.5) is 0 Å². The fourth-order valence-corrected chi connectivity index (χ4v) is 3.52. The summed E-state index contributed by atoms with van der Waals surface area (Å²) in [5, 5.41) is 0. The van der Waals surface area contributed by atoms with E-state index in [1.807, 2.05) is 0 Å². The Morgan fingerprint density at radius 3 is 2.54 bits per heavy atom. The predicted molar refractivity (Wildman–Crippen MR) is 89.9 cm³/mol. The molecule has 0 N–H and O–H groups in total. The maximum absolute atomic E-state index is 12.4. The molecule has 1 saturated carbocycles. The van der Waals surface area contributed by atoms with Crippen LogP contribution in [0.5, 0.6) is 0 Å². The Hall–Kier alpha value is -2.70. The summed E-state index contributed by atoms with van der Waals surface area (Å²) in [6, 6.07) is 7.78. The van der Waals surface area contributed by atoms with Crippen LogP contribution in [0.25, 0.3) is 0 Å². The third kappa shape index (κ3) is 3.47. The number of nitrogens with zero attached hydrogens (tertiary/aromatic N) is 1. The van der Waals surface area contributed by atoms with Crippen molar-refractivity contribution in [2.75, 3.05) is 6.61 Å². The molecule has 1 aliphatic heterocycles. The molecule has 1 aromatic carbocycles. The van der Waals surface area contributed by atoms with Crippen molar-refractivity contribution in [1.29, 1.82) is 0 Å². The highest BCUT2D eigenvalue weighted by Crippen LogP contribution is 2.36. The molecule has 0 spiro atoms. The molecule has 2 aliphatic rings. The Balaban J connectivity index is 1.81. The van der Waals surface area contributed by atoms with E-state index in [9.17, 15) is 19.2 Å². The summed E-state index contributed by atoms with van der Waals surface area (Å²) < 4.78 is 10.3. The zero-order valence-corrected chi connectivity index (χ0v) is 14.6. The lowest BCUT2D eigenvalue weighted by molar-refractivity contribution is -0.186. The summed E-state index contributed by atoms with van der Waals surface area (Å²) >= 11 is 0. The Morgan fingerprint density at radius 2 is 1.96 bits per heavy atom. The number of ether oxygens (including phenoxy) is 2. The summed E-state index contributed by atoms with van der Waals surface area (Å²) in [6.45, 7) is 1.72. The number of likely N-dealkylation sites (tertiary alicyclic amines) is 1. The van der Waals surface area contributed by atoms with E-state index in [1.165, 1.54) is 4.90 Å². The molecule has 2 fully saturated rings. The first-order valence-electron chi connectivity index (χ1n) is 8.79. The van der Waals surface area contributed by atoms with Gasteiger partial charge in [0, 0.05) is 18.8 Å². The lowest BCUT2D eigenvalue weighted by atomic mass is 9.86. The first-order chi connectivity index (χ1) is 12.5. The van der Waals surface area contributed by atoms with Crippen LogP contribution < -0.4 is 0 Å². The Bertz CT molecular complexity index is 716. The molecule has 1 aromatic rings. The molecule has 1 amide bonds. The van der Waals surface area contributed by atoms with Gasteiger partial charge in [0.2, 0.25) is 5.91 Å². The van der Waals surface area contributed by atoms with Crippen LogP contribution in [0.15, 0.2) is 30.3 Å². The number of esters is 2. The molecule has 2 unspecified atom stereocenters. The Morgan fingerprint density at radius 1 is 1.23 bits per heavy atom. The van der Waals surface area contributed by atoms with E-state index < -0.39 is 24.2 Å². The van der Waals surface area contributed by atoms with Crippen LogP contribution in [0, 0.1) is 5.92 Å². The number of rotatable bonds is 6. The molecular weight excluding hydrogens is 338 g/mol. The van der Waals surface area contributed by atoms with Gasteiger partial charge in [0.15, 0.2) is 0 Å². The molecular formula is C19H21NO6. The second-order valence-electron chi connectivity index (χ2n) is 6.41. The van der Waals surface area contributed by atoms with Crippen molar-refractivity contribution >= 4 is 23.6 Å². The molecule has 1 aliphatic carbocycles. The van der Waals surface area contributed by atoms with Gasteiger partial charge in [0.25, 0.3) is 6.23 Å². The molecule has 138 valence electrons. The number of carbonyl (C=O) groups is 4. The smallest absolute Gasteiger partial charge is 0.369 e. The number of amides is 1. The minimum atomic E-state index is -1.47. The third-order valence-corrected chi connectivity index (χ3v) is 4.81. The third-order valence-electron chi connectivity index (χ3n) is 4.81. The molecule has 26 heavy (non-hydrogen) atoms. The molecule has 3 rings (SSSR count). The highest BCUT2D eigenvalue weighted by atomic mass is 16.6. The van der Waals surface area contributed by atoms with Crippen LogP contribution in [-0.4, -0.2) is 47.4 Å². The maximum atomic E-state index is 12.4. The average molecular weight is 359 g/mol. The van der Waals surface area contributed by atoms with Gasteiger partial charge in [-0.1, -0.05) is 18.2 Å². The SMILES string of the molecule is CCOC(=O)C(OC(=O)c1ccccc1)N1C(=O)C[C@H]1C1CCCC1=O. The van der Waals surface area contributed by atoms with E-state index in [1.54, 1.807) is 37.3 Å². The lowest BCUT2D eigenvalue weighted by Crippen LogP contribution is -2.64. The van der Waals surface area contributed by atoms with Crippen molar-refractivity contribution in [2.45, 2.75) is 44.9 Å². The van der Waals surface area contributed by atoms with Crippen LogP contribution in [0.2, 0.25) is 0 Å². The molecule has 7 heteroatoms. The summed E-state index contributed by atoms with van der Waals surface area (Å²) in [5.74, 6) is -2.07. The zero-order chi connectivity index (χ0) is 18.7. The predicted octanol–water partition coefficient (Wildman–Crippen LogP) is 1.70. The largest absolute Gasteiger partial charge is 0.462 e. The molecule has 0 aromatic heterocycles. The number of Topliss-reactive ketones (excluding diaryl/α,β-unsaturated/α-hetero) is 1. The van der Waals surface area contributed by atoms with E-state index in [0.717, 1.165) is 6.42 Å².